The number of rotatable bonds is 5. The van der Waals surface area contributed by atoms with E-state index in [4.69, 9.17) is 10.9 Å². The molecule has 0 amide bonds. The highest BCUT2D eigenvalue weighted by atomic mass is 16.4. The molecule has 0 atom stereocenters. The van der Waals surface area contributed by atoms with Gasteiger partial charge < -0.3 is 15.8 Å². The SMILES string of the molecule is N/C(CCCCN1CCc2ccccc21)=N/O. The minimum atomic E-state index is 0.326. The van der Waals surface area contributed by atoms with E-state index in [1.807, 2.05) is 0 Å². The summed E-state index contributed by atoms with van der Waals surface area (Å²) in [6, 6.07) is 8.58. The minimum Gasteiger partial charge on any atom is -0.409 e. The van der Waals surface area contributed by atoms with Gasteiger partial charge in [-0.25, -0.2) is 0 Å². The third-order valence-electron chi connectivity index (χ3n) is 3.22. The molecule has 1 aromatic carbocycles. The monoisotopic (exact) mass is 233 g/mol. The highest BCUT2D eigenvalue weighted by Gasteiger charge is 2.17. The van der Waals surface area contributed by atoms with Gasteiger partial charge in [0.25, 0.3) is 0 Å². The van der Waals surface area contributed by atoms with Crippen LogP contribution < -0.4 is 10.6 Å². The summed E-state index contributed by atoms with van der Waals surface area (Å²) < 4.78 is 0. The molecule has 92 valence electrons. The fourth-order valence-corrected chi connectivity index (χ4v) is 2.30. The van der Waals surface area contributed by atoms with E-state index in [0.717, 1.165) is 32.4 Å². The van der Waals surface area contributed by atoms with E-state index in [9.17, 15) is 0 Å². The molecule has 4 heteroatoms. The average molecular weight is 233 g/mol. The van der Waals surface area contributed by atoms with E-state index in [1.54, 1.807) is 0 Å². The maximum absolute atomic E-state index is 8.43. The second-order valence-corrected chi connectivity index (χ2v) is 4.41. The van der Waals surface area contributed by atoms with Crippen LogP contribution in [0.3, 0.4) is 0 Å². The number of nitrogens with zero attached hydrogens (tertiary/aromatic N) is 2. The lowest BCUT2D eigenvalue weighted by Gasteiger charge is -2.18. The van der Waals surface area contributed by atoms with Gasteiger partial charge >= 0.3 is 0 Å². The number of para-hydroxylation sites is 1. The zero-order valence-electron chi connectivity index (χ0n) is 9.97. The zero-order chi connectivity index (χ0) is 12.1. The van der Waals surface area contributed by atoms with Gasteiger partial charge in [0.1, 0.15) is 5.84 Å². The first-order chi connectivity index (χ1) is 8.31. The Hall–Kier alpha value is -1.71. The maximum atomic E-state index is 8.43. The Labute approximate surface area is 102 Å². The molecule has 17 heavy (non-hydrogen) atoms. The van der Waals surface area contributed by atoms with Crippen molar-refractivity contribution in [2.75, 3.05) is 18.0 Å². The molecule has 0 aromatic heterocycles. The van der Waals surface area contributed by atoms with Crippen LogP contribution in [-0.4, -0.2) is 24.1 Å². The molecule has 4 nitrogen and oxygen atoms in total. The number of fused-ring (bicyclic) bond motifs is 1. The number of anilines is 1. The minimum absolute atomic E-state index is 0.326. The second-order valence-electron chi connectivity index (χ2n) is 4.41. The molecule has 2 rings (SSSR count). The summed E-state index contributed by atoms with van der Waals surface area (Å²) >= 11 is 0. The van der Waals surface area contributed by atoms with Crippen molar-refractivity contribution in [1.29, 1.82) is 0 Å². The largest absolute Gasteiger partial charge is 0.409 e. The van der Waals surface area contributed by atoms with Gasteiger partial charge in [-0.1, -0.05) is 23.4 Å². The Kier molecular flexibility index (Phi) is 3.85. The predicted molar refractivity (Wildman–Crippen MR) is 69.6 cm³/mol. The van der Waals surface area contributed by atoms with Crippen LogP contribution >= 0.6 is 0 Å². The highest BCUT2D eigenvalue weighted by molar-refractivity contribution is 5.79. The van der Waals surface area contributed by atoms with Crippen molar-refractivity contribution in [2.45, 2.75) is 25.7 Å². The molecule has 1 aliphatic heterocycles. The number of hydrogen-bond acceptors (Lipinski definition) is 3. The van der Waals surface area contributed by atoms with Crippen molar-refractivity contribution in [3.63, 3.8) is 0 Å². The number of unbranched alkanes of at least 4 members (excludes halogenated alkanes) is 1. The molecule has 0 aliphatic carbocycles. The number of hydrogen-bond donors (Lipinski definition) is 2. The summed E-state index contributed by atoms with van der Waals surface area (Å²) in [5, 5.41) is 11.4. The number of oxime groups is 1. The first kappa shape index (κ1) is 11.8. The van der Waals surface area contributed by atoms with Gasteiger partial charge in [-0.2, -0.15) is 0 Å². The van der Waals surface area contributed by atoms with Gasteiger partial charge in [0.15, 0.2) is 0 Å². The Morgan fingerprint density at radius 2 is 2.18 bits per heavy atom. The van der Waals surface area contributed by atoms with Crippen LogP contribution in [0, 0.1) is 0 Å². The smallest absolute Gasteiger partial charge is 0.139 e. The molecular formula is C13H19N3O. The quantitative estimate of drug-likeness (QED) is 0.269. The van der Waals surface area contributed by atoms with E-state index in [2.05, 4.69) is 34.3 Å². The highest BCUT2D eigenvalue weighted by Crippen LogP contribution is 2.27. The molecule has 0 bridgehead atoms. The van der Waals surface area contributed by atoms with E-state index >= 15 is 0 Å². The predicted octanol–water partition coefficient (Wildman–Crippen LogP) is 1.97. The van der Waals surface area contributed by atoms with Gasteiger partial charge in [-0.05, 0) is 30.9 Å². The molecule has 0 saturated heterocycles. The lowest BCUT2D eigenvalue weighted by molar-refractivity contribution is 0.316. The van der Waals surface area contributed by atoms with Crippen molar-refractivity contribution < 1.29 is 5.21 Å². The summed E-state index contributed by atoms with van der Waals surface area (Å²) in [6.45, 7) is 2.17. The molecule has 0 saturated carbocycles. The first-order valence-electron chi connectivity index (χ1n) is 6.10. The first-order valence-corrected chi connectivity index (χ1v) is 6.10. The number of benzene rings is 1. The second kappa shape index (κ2) is 5.57. The zero-order valence-corrected chi connectivity index (χ0v) is 9.97. The van der Waals surface area contributed by atoms with Crippen molar-refractivity contribution in [3.05, 3.63) is 29.8 Å². The standard InChI is InChI=1S/C13H19N3O/c14-13(15-17)7-3-4-9-16-10-8-11-5-1-2-6-12(11)16/h1-2,5-6,17H,3-4,7-10H2,(H2,14,15). The van der Waals surface area contributed by atoms with Crippen LogP contribution in [-0.2, 0) is 6.42 Å². The third-order valence-corrected chi connectivity index (χ3v) is 3.22. The molecule has 1 heterocycles. The molecule has 0 spiro atoms. The van der Waals surface area contributed by atoms with Crippen LogP contribution in [0.5, 0.6) is 0 Å². The van der Waals surface area contributed by atoms with Crippen molar-refractivity contribution in [3.8, 4) is 0 Å². The van der Waals surface area contributed by atoms with Gasteiger partial charge in [0.05, 0.1) is 0 Å². The van der Waals surface area contributed by atoms with E-state index in [1.165, 1.54) is 11.3 Å². The number of amidine groups is 1. The van der Waals surface area contributed by atoms with Gasteiger partial charge in [0, 0.05) is 25.2 Å². The van der Waals surface area contributed by atoms with Crippen LogP contribution in [0.15, 0.2) is 29.4 Å². The fourth-order valence-electron chi connectivity index (χ4n) is 2.30. The lowest BCUT2D eigenvalue weighted by Crippen LogP contribution is -2.22. The van der Waals surface area contributed by atoms with E-state index in [-0.39, 0.29) is 0 Å². The lowest BCUT2D eigenvalue weighted by atomic mass is 10.2. The Balaban J connectivity index is 1.78. The fraction of sp³-hybridized carbons (Fsp3) is 0.462. The summed E-state index contributed by atoms with van der Waals surface area (Å²) in [4.78, 5) is 2.42. The van der Waals surface area contributed by atoms with Gasteiger partial charge in [-0.15, -0.1) is 0 Å². The number of nitrogens with two attached hydrogens (primary N) is 1. The van der Waals surface area contributed by atoms with Crippen molar-refractivity contribution in [2.24, 2.45) is 10.9 Å². The van der Waals surface area contributed by atoms with Crippen LogP contribution in [0.2, 0.25) is 0 Å². The molecule has 0 unspecified atom stereocenters. The summed E-state index contributed by atoms with van der Waals surface area (Å²) in [5.74, 6) is 0.326. The third kappa shape index (κ3) is 2.90. The van der Waals surface area contributed by atoms with Crippen molar-refractivity contribution in [1.82, 2.24) is 0 Å². The Morgan fingerprint density at radius 3 is 3.00 bits per heavy atom. The molecule has 0 radical (unpaired) electrons. The molecular weight excluding hydrogens is 214 g/mol. The van der Waals surface area contributed by atoms with Crippen molar-refractivity contribution >= 4 is 11.5 Å². The Morgan fingerprint density at radius 1 is 1.35 bits per heavy atom. The normalized spacial score (nSPS) is 15.1. The molecule has 0 fully saturated rings. The average Bonchev–Trinajstić information content (AvgIpc) is 2.78. The molecule has 3 N–H and O–H groups in total. The van der Waals surface area contributed by atoms with Crippen LogP contribution in [0.25, 0.3) is 0 Å². The van der Waals surface area contributed by atoms with Crippen LogP contribution in [0.4, 0.5) is 5.69 Å². The molecule has 1 aromatic rings. The maximum Gasteiger partial charge on any atom is 0.139 e. The molecule has 1 aliphatic rings. The summed E-state index contributed by atoms with van der Waals surface area (Å²) in [7, 11) is 0. The topological polar surface area (TPSA) is 61.8 Å². The van der Waals surface area contributed by atoms with Gasteiger partial charge in [-0.3, -0.25) is 0 Å². The Bertz CT molecular complexity index is 403. The van der Waals surface area contributed by atoms with Crippen LogP contribution in [0.1, 0.15) is 24.8 Å². The van der Waals surface area contributed by atoms with E-state index in [0.29, 0.717) is 12.3 Å². The van der Waals surface area contributed by atoms with E-state index < -0.39 is 0 Å². The summed E-state index contributed by atoms with van der Waals surface area (Å²) in [5.41, 5.74) is 8.25. The van der Waals surface area contributed by atoms with Gasteiger partial charge in [0.2, 0.25) is 0 Å². The summed E-state index contributed by atoms with van der Waals surface area (Å²) in [6.07, 6.45) is 3.86.